The maximum atomic E-state index is 12.5. The molecular weight excluding hydrogens is 402 g/mol. The second-order valence-electron chi connectivity index (χ2n) is 6.53. The van der Waals surface area contributed by atoms with Crippen molar-refractivity contribution in [2.24, 2.45) is 22.2 Å². The second-order valence-corrected chi connectivity index (χ2v) is 6.53. The van der Waals surface area contributed by atoms with E-state index in [1.165, 1.54) is 13.8 Å². The van der Waals surface area contributed by atoms with E-state index >= 15 is 0 Å². The summed E-state index contributed by atoms with van der Waals surface area (Å²) in [6, 6.07) is -4.81. The molecule has 0 aliphatic heterocycles. The molecule has 0 radical (unpaired) electrons. The molecule has 0 aromatic carbocycles. The monoisotopic (exact) mass is 431 g/mol. The van der Waals surface area contributed by atoms with Crippen molar-refractivity contribution >= 4 is 35.6 Å². The van der Waals surface area contributed by atoms with Gasteiger partial charge in [-0.05, 0) is 26.7 Å². The van der Waals surface area contributed by atoms with Crippen LogP contribution in [0, 0.1) is 0 Å². The summed E-state index contributed by atoms with van der Waals surface area (Å²) >= 11 is 0. The van der Waals surface area contributed by atoms with Crippen LogP contribution in [0.15, 0.2) is 4.99 Å². The van der Waals surface area contributed by atoms with Gasteiger partial charge in [-0.2, -0.15) is 0 Å². The Kier molecular flexibility index (Phi) is 11.5. The average molecular weight is 431 g/mol. The minimum absolute atomic E-state index is 0.129. The lowest BCUT2D eigenvalue weighted by atomic mass is 10.1. The smallest absolute Gasteiger partial charge is 0.326 e. The minimum atomic E-state index is -1.66. The van der Waals surface area contributed by atoms with Crippen molar-refractivity contribution in [2.45, 2.75) is 57.3 Å². The molecule has 170 valence electrons. The van der Waals surface area contributed by atoms with Crippen LogP contribution in [0.1, 0.15) is 33.1 Å². The highest BCUT2D eigenvalue weighted by molar-refractivity contribution is 5.94. The number of aliphatic carboxylic acids is 2. The molecule has 14 heteroatoms. The number of carboxylic acids is 2. The molecule has 0 heterocycles. The number of guanidine groups is 1. The lowest BCUT2D eigenvalue weighted by Gasteiger charge is -2.22. The Morgan fingerprint density at radius 3 is 1.93 bits per heavy atom. The van der Waals surface area contributed by atoms with Crippen LogP contribution in [0.4, 0.5) is 0 Å². The normalized spacial score (nSPS) is 14.4. The van der Waals surface area contributed by atoms with E-state index in [1.54, 1.807) is 0 Å². The predicted octanol–water partition coefficient (Wildman–Crippen LogP) is -3.58. The van der Waals surface area contributed by atoms with Crippen molar-refractivity contribution in [1.29, 1.82) is 0 Å². The van der Waals surface area contributed by atoms with Crippen LogP contribution < -0.4 is 33.2 Å². The van der Waals surface area contributed by atoms with Gasteiger partial charge in [0.1, 0.15) is 18.1 Å². The van der Waals surface area contributed by atoms with E-state index in [0.717, 1.165) is 0 Å². The highest BCUT2D eigenvalue weighted by atomic mass is 16.4. The molecule has 14 nitrogen and oxygen atoms in total. The topological polar surface area (TPSA) is 252 Å². The molecule has 0 aromatic rings. The SMILES string of the molecule is CC(N)C(=O)NC(CCCN=C(N)N)C(=O)NC(C)C(=O)NC(CC(=O)O)C(=O)O. The van der Waals surface area contributed by atoms with E-state index in [2.05, 4.69) is 15.6 Å². The summed E-state index contributed by atoms with van der Waals surface area (Å²) in [5, 5.41) is 24.5. The number of hydrogen-bond donors (Lipinski definition) is 8. The van der Waals surface area contributed by atoms with Gasteiger partial charge < -0.3 is 43.4 Å². The zero-order valence-corrected chi connectivity index (χ0v) is 16.8. The number of carbonyl (C=O) groups is 5. The lowest BCUT2D eigenvalue weighted by molar-refractivity contribution is -0.147. The maximum Gasteiger partial charge on any atom is 0.326 e. The summed E-state index contributed by atoms with van der Waals surface area (Å²) in [6.07, 6.45) is -0.374. The number of nitrogens with two attached hydrogens (primary N) is 3. The largest absolute Gasteiger partial charge is 0.481 e. The van der Waals surface area contributed by atoms with Crippen molar-refractivity contribution < 1.29 is 34.2 Å². The van der Waals surface area contributed by atoms with Crippen LogP contribution in [0.3, 0.4) is 0 Å². The molecule has 0 aromatic heterocycles. The molecule has 0 bridgehead atoms. The fourth-order valence-corrected chi connectivity index (χ4v) is 2.13. The van der Waals surface area contributed by atoms with Crippen LogP contribution in [0.2, 0.25) is 0 Å². The third-order valence-corrected chi connectivity index (χ3v) is 3.74. The molecule has 11 N–H and O–H groups in total. The fraction of sp³-hybridized carbons (Fsp3) is 0.625. The summed E-state index contributed by atoms with van der Waals surface area (Å²) in [5.41, 5.74) is 15.9. The minimum Gasteiger partial charge on any atom is -0.481 e. The second kappa shape index (κ2) is 12.9. The van der Waals surface area contributed by atoms with Crippen LogP contribution in [-0.4, -0.2) is 76.5 Å². The lowest BCUT2D eigenvalue weighted by Crippen LogP contribution is -2.56. The van der Waals surface area contributed by atoms with E-state index in [0.29, 0.717) is 6.42 Å². The summed E-state index contributed by atoms with van der Waals surface area (Å²) < 4.78 is 0. The first-order valence-corrected chi connectivity index (χ1v) is 9.01. The van der Waals surface area contributed by atoms with Gasteiger partial charge >= 0.3 is 11.9 Å². The van der Waals surface area contributed by atoms with Crippen molar-refractivity contribution in [3.05, 3.63) is 0 Å². The Morgan fingerprint density at radius 1 is 0.900 bits per heavy atom. The number of nitrogens with zero attached hydrogens (tertiary/aromatic N) is 1. The maximum absolute atomic E-state index is 12.5. The molecule has 0 spiro atoms. The summed E-state index contributed by atoms with van der Waals surface area (Å²) in [7, 11) is 0. The molecule has 0 aliphatic rings. The molecule has 0 saturated carbocycles. The Balaban J connectivity index is 5.04. The number of carbonyl (C=O) groups excluding carboxylic acids is 3. The molecule has 0 aliphatic carbocycles. The van der Waals surface area contributed by atoms with Gasteiger partial charge in [0.2, 0.25) is 17.7 Å². The number of amides is 3. The van der Waals surface area contributed by atoms with Crippen molar-refractivity contribution in [1.82, 2.24) is 16.0 Å². The number of hydrogen-bond acceptors (Lipinski definition) is 7. The van der Waals surface area contributed by atoms with Gasteiger partial charge in [0.15, 0.2) is 5.96 Å². The molecule has 3 amide bonds. The van der Waals surface area contributed by atoms with Gasteiger partial charge in [0, 0.05) is 6.54 Å². The quantitative estimate of drug-likeness (QED) is 0.0808. The molecule has 4 atom stereocenters. The van der Waals surface area contributed by atoms with Crippen LogP contribution in [0.25, 0.3) is 0 Å². The first kappa shape index (κ1) is 26.6. The van der Waals surface area contributed by atoms with Crippen LogP contribution >= 0.6 is 0 Å². The highest BCUT2D eigenvalue weighted by Gasteiger charge is 2.28. The van der Waals surface area contributed by atoms with Crippen molar-refractivity contribution in [3.8, 4) is 0 Å². The van der Waals surface area contributed by atoms with Gasteiger partial charge in [0.25, 0.3) is 0 Å². The standard InChI is InChI=1S/C16H29N7O7/c1-7(17)12(26)22-9(4-3-5-20-16(18)19)14(28)21-8(2)13(27)23-10(15(29)30)6-11(24)25/h7-10H,3-6,17H2,1-2H3,(H,21,28)(H,22,26)(H,23,27)(H,24,25)(H,29,30)(H4,18,19,20). The van der Waals surface area contributed by atoms with Gasteiger partial charge in [0.05, 0.1) is 12.5 Å². The molecule has 0 rings (SSSR count). The van der Waals surface area contributed by atoms with E-state index in [-0.39, 0.29) is 18.9 Å². The van der Waals surface area contributed by atoms with Gasteiger partial charge in [-0.25, -0.2) is 4.79 Å². The van der Waals surface area contributed by atoms with E-state index in [9.17, 15) is 24.0 Å². The first-order valence-electron chi connectivity index (χ1n) is 9.01. The van der Waals surface area contributed by atoms with Gasteiger partial charge in [-0.15, -0.1) is 0 Å². The van der Waals surface area contributed by atoms with Crippen molar-refractivity contribution in [3.63, 3.8) is 0 Å². The van der Waals surface area contributed by atoms with E-state index in [4.69, 9.17) is 27.4 Å². The molecule has 0 saturated heterocycles. The number of carboxylic acid groups (broad SMARTS) is 2. The third kappa shape index (κ3) is 10.8. The number of rotatable bonds is 13. The zero-order valence-electron chi connectivity index (χ0n) is 16.8. The molecule has 4 unspecified atom stereocenters. The Hall–Kier alpha value is -3.42. The molecular formula is C16H29N7O7. The summed E-state index contributed by atoms with van der Waals surface area (Å²) in [4.78, 5) is 62.0. The van der Waals surface area contributed by atoms with Crippen LogP contribution in [-0.2, 0) is 24.0 Å². The van der Waals surface area contributed by atoms with E-state index in [1.807, 2.05) is 5.32 Å². The predicted molar refractivity (Wildman–Crippen MR) is 105 cm³/mol. The van der Waals surface area contributed by atoms with Crippen LogP contribution in [0.5, 0.6) is 0 Å². The first-order chi connectivity index (χ1) is 13.8. The number of nitrogens with one attached hydrogen (secondary N) is 3. The average Bonchev–Trinajstić information content (AvgIpc) is 2.62. The third-order valence-electron chi connectivity index (χ3n) is 3.74. The van der Waals surface area contributed by atoms with Crippen molar-refractivity contribution in [2.75, 3.05) is 6.54 Å². The Morgan fingerprint density at radius 2 is 1.47 bits per heavy atom. The Bertz CT molecular complexity index is 677. The zero-order chi connectivity index (χ0) is 23.4. The molecule has 30 heavy (non-hydrogen) atoms. The summed E-state index contributed by atoms with van der Waals surface area (Å²) in [5.74, 6) is -5.31. The van der Waals surface area contributed by atoms with Gasteiger partial charge in [-0.3, -0.25) is 24.2 Å². The fourth-order valence-electron chi connectivity index (χ4n) is 2.13. The summed E-state index contributed by atoms with van der Waals surface area (Å²) in [6.45, 7) is 2.90. The highest BCUT2D eigenvalue weighted by Crippen LogP contribution is 2.01. The van der Waals surface area contributed by atoms with E-state index < -0.39 is 60.2 Å². The molecule has 0 fully saturated rings. The number of aliphatic imine (C=N–C) groups is 1. The Labute approximate surface area is 172 Å². The van der Waals surface area contributed by atoms with Gasteiger partial charge in [-0.1, -0.05) is 0 Å².